The van der Waals surface area contributed by atoms with Crippen LogP contribution in [0.5, 0.6) is 0 Å². The molecule has 4 aromatic rings. The molecule has 2 heterocycles. The Kier molecular flexibility index (Phi) is 6.79. The number of amidine groups is 1. The molecule has 0 aliphatic carbocycles. The van der Waals surface area contributed by atoms with Gasteiger partial charge in [-0.1, -0.05) is 78.0 Å². The molecule has 0 bridgehead atoms. The van der Waals surface area contributed by atoms with Crippen molar-refractivity contribution in [2.24, 2.45) is 4.99 Å². The maximum absolute atomic E-state index is 13.4. The molecule has 1 aliphatic heterocycles. The molecule has 8 heteroatoms. The third-order valence-electron chi connectivity index (χ3n) is 5.57. The minimum atomic E-state index is -0.602. The maximum atomic E-state index is 13.4. The number of carbonyl (C=O) groups is 2. The van der Waals surface area contributed by atoms with Crippen LogP contribution in [0.15, 0.2) is 96.1 Å². The lowest BCUT2D eigenvalue weighted by Gasteiger charge is -2.16. The Morgan fingerprint density at radius 2 is 1.77 bits per heavy atom. The Morgan fingerprint density at radius 1 is 1.00 bits per heavy atom. The van der Waals surface area contributed by atoms with Crippen molar-refractivity contribution in [3.63, 3.8) is 0 Å². The van der Waals surface area contributed by atoms with E-state index in [1.54, 1.807) is 35.4 Å². The Balaban J connectivity index is 1.43. The van der Waals surface area contributed by atoms with Gasteiger partial charge in [-0.2, -0.15) is 0 Å². The standard InChI is InChI=1S/C27H21ClN4O2S/c28-21-12-3-4-13-23(21)30-25(33)16-24-26(34)32(17-19-10-5-6-15-29-19)27(35-24)31-22-14-7-9-18-8-1-2-11-20(18)22/h1-15,24H,16-17H2,(H,30,33)/t24-/m0/s1. The van der Waals surface area contributed by atoms with E-state index in [0.29, 0.717) is 15.9 Å². The van der Waals surface area contributed by atoms with E-state index in [1.807, 2.05) is 60.7 Å². The van der Waals surface area contributed by atoms with Crippen molar-refractivity contribution in [3.8, 4) is 0 Å². The van der Waals surface area contributed by atoms with Gasteiger partial charge in [-0.15, -0.1) is 0 Å². The summed E-state index contributed by atoms with van der Waals surface area (Å²) >= 11 is 7.46. The summed E-state index contributed by atoms with van der Waals surface area (Å²) in [5, 5.41) is 5.26. The lowest BCUT2D eigenvalue weighted by Crippen LogP contribution is -2.33. The number of carbonyl (C=O) groups excluding carboxylic acids is 2. The Morgan fingerprint density at radius 3 is 2.60 bits per heavy atom. The van der Waals surface area contributed by atoms with E-state index < -0.39 is 5.25 Å². The highest BCUT2D eigenvalue weighted by atomic mass is 35.5. The molecule has 0 unspecified atom stereocenters. The molecule has 1 atom stereocenters. The fraction of sp³-hybridized carbons (Fsp3) is 0.111. The predicted octanol–water partition coefficient (Wildman–Crippen LogP) is 6.05. The van der Waals surface area contributed by atoms with E-state index in [1.165, 1.54) is 11.8 Å². The number of amides is 2. The van der Waals surface area contributed by atoms with Gasteiger partial charge < -0.3 is 5.32 Å². The van der Waals surface area contributed by atoms with Crippen LogP contribution < -0.4 is 5.32 Å². The topological polar surface area (TPSA) is 74.7 Å². The molecule has 0 spiro atoms. The molecule has 0 radical (unpaired) electrons. The van der Waals surface area contributed by atoms with E-state index in [2.05, 4.69) is 10.3 Å². The zero-order valence-corrected chi connectivity index (χ0v) is 20.2. The van der Waals surface area contributed by atoms with Gasteiger partial charge in [0, 0.05) is 18.0 Å². The number of nitrogens with zero attached hydrogens (tertiary/aromatic N) is 3. The Hall–Kier alpha value is -3.68. The quantitative estimate of drug-likeness (QED) is 0.350. The van der Waals surface area contributed by atoms with Crippen LogP contribution in [-0.2, 0) is 16.1 Å². The van der Waals surface area contributed by atoms with Crippen molar-refractivity contribution in [1.29, 1.82) is 0 Å². The number of benzene rings is 3. The van der Waals surface area contributed by atoms with Crippen LogP contribution in [0.1, 0.15) is 12.1 Å². The smallest absolute Gasteiger partial charge is 0.243 e. The molecular formula is C27H21ClN4O2S. The van der Waals surface area contributed by atoms with Gasteiger partial charge in [0.05, 0.1) is 28.6 Å². The van der Waals surface area contributed by atoms with Gasteiger partial charge in [-0.25, -0.2) is 4.99 Å². The van der Waals surface area contributed by atoms with E-state index in [9.17, 15) is 9.59 Å². The van der Waals surface area contributed by atoms with E-state index >= 15 is 0 Å². The van der Waals surface area contributed by atoms with Crippen LogP contribution in [-0.4, -0.2) is 32.1 Å². The van der Waals surface area contributed by atoms with E-state index in [0.717, 1.165) is 22.2 Å². The van der Waals surface area contributed by atoms with Gasteiger partial charge in [0.25, 0.3) is 0 Å². The molecule has 3 aromatic carbocycles. The van der Waals surface area contributed by atoms with Gasteiger partial charge in [0.15, 0.2) is 5.17 Å². The largest absolute Gasteiger partial charge is 0.325 e. The van der Waals surface area contributed by atoms with Crippen LogP contribution in [0, 0.1) is 0 Å². The second-order valence-corrected chi connectivity index (χ2v) is 9.55. The normalized spacial score (nSPS) is 16.7. The average molecular weight is 501 g/mol. The minimum Gasteiger partial charge on any atom is -0.325 e. The summed E-state index contributed by atoms with van der Waals surface area (Å²) in [6.45, 7) is 0.277. The zero-order valence-electron chi connectivity index (χ0n) is 18.6. The van der Waals surface area contributed by atoms with E-state index in [4.69, 9.17) is 16.6 Å². The number of pyridine rings is 1. The van der Waals surface area contributed by atoms with Crippen LogP contribution in [0.4, 0.5) is 11.4 Å². The van der Waals surface area contributed by atoms with Crippen LogP contribution >= 0.6 is 23.4 Å². The highest BCUT2D eigenvalue weighted by Crippen LogP contribution is 2.35. The number of aromatic nitrogens is 1. The third kappa shape index (κ3) is 5.21. The molecule has 174 valence electrons. The number of thioether (sulfide) groups is 1. The number of fused-ring (bicyclic) bond motifs is 1. The highest BCUT2D eigenvalue weighted by Gasteiger charge is 2.39. The Bertz CT molecular complexity index is 1420. The molecular weight excluding hydrogens is 480 g/mol. The molecule has 6 nitrogen and oxygen atoms in total. The first-order valence-corrected chi connectivity index (χ1v) is 12.3. The lowest BCUT2D eigenvalue weighted by molar-refractivity contribution is -0.128. The summed E-state index contributed by atoms with van der Waals surface area (Å²) in [5.41, 5.74) is 2.03. The van der Waals surface area contributed by atoms with Gasteiger partial charge >= 0.3 is 0 Å². The predicted molar refractivity (Wildman–Crippen MR) is 142 cm³/mol. The molecule has 35 heavy (non-hydrogen) atoms. The number of anilines is 1. The van der Waals surface area contributed by atoms with Crippen molar-refractivity contribution in [3.05, 3.63) is 102 Å². The summed E-state index contributed by atoms with van der Waals surface area (Å²) in [5.74, 6) is -0.456. The van der Waals surface area contributed by atoms with Gasteiger partial charge in [0.1, 0.15) is 5.25 Å². The van der Waals surface area contributed by atoms with Crippen LogP contribution in [0.25, 0.3) is 10.8 Å². The first-order valence-electron chi connectivity index (χ1n) is 11.1. The SMILES string of the molecule is O=C(C[C@@H]1SC(=Nc2cccc3ccccc23)N(Cc2ccccn2)C1=O)Nc1ccccc1Cl. The van der Waals surface area contributed by atoms with Crippen molar-refractivity contribution < 1.29 is 9.59 Å². The fourth-order valence-electron chi connectivity index (χ4n) is 3.87. The number of para-hydroxylation sites is 1. The molecule has 1 aliphatic rings. The maximum Gasteiger partial charge on any atom is 0.243 e. The number of aliphatic imine (C=N–C) groups is 1. The number of nitrogens with one attached hydrogen (secondary N) is 1. The summed E-state index contributed by atoms with van der Waals surface area (Å²) in [7, 11) is 0. The molecule has 1 N–H and O–H groups in total. The second kappa shape index (κ2) is 10.3. The first kappa shape index (κ1) is 23.1. The van der Waals surface area contributed by atoms with Gasteiger partial charge in [-0.3, -0.25) is 19.5 Å². The molecule has 1 aromatic heterocycles. The number of hydrogen-bond acceptors (Lipinski definition) is 5. The van der Waals surface area contributed by atoms with Gasteiger partial charge in [0.2, 0.25) is 11.8 Å². The average Bonchev–Trinajstić information content (AvgIpc) is 3.15. The van der Waals surface area contributed by atoms with Crippen LogP contribution in [0.3, 0.4) is 0 Å². The molecule has 1 saturated heterocycles. The summed E-state index contributed by atoms with van der Waals surface area (Å²) in [4.78, 5) is 37.0. The van der Waals surface area contributed by atoms with Gasteiger partial charge in [-0.05, 0) is 35.7 Å². The summed E-state index contributed by atoms with van der Waals surface area (Å²) < 4.78 is 0. The summed E-state index contributed by atoms with van der Waals surface area (Å²) in [6.07, 6.45) is 1.70. The molecule has 1 fully saturated rings. The monoisotopic (exact) mass is 500 g/mol. The van der Waals surface area contributed by atoms with Crippen molar-refractivity contribution in [2.75, 3.05) is 5.32 Å². The van der Waals surface area contributed by atoms with Crippen molar-refractivity contribution >= 4 is 62.5 Å². The molecule has 0 saturated carbocycles. The zero-order chi connectivity index (χ0) is 24.2. The second-order valence-electron chi connectivity index (χ2n) is 7.98. The summed E-state index contributed by atoms with van der Waals surface area (Å²) in [6, 6.07) is 26.5. The van der Waals surface area contributed by atoms with E-state index in [-0.39, 0.29) is 24.8 Å². The fourth-order valence-corrected chi connectivity index (χ4v) is 5.20. The lowest BCUT2D eigenvalue weighted by atomic mass is 10.1. The Labute approximate surface area is 212 Å². The number of hydrogen-bond donors (Lipinski definition) is 1. The third-order valence-corrected chi connectivity index (χ3v) is 7.07. The van der Waals surface area contributed by atoms with Crippen LogP contribution in [0.2, 0.25) is 5.02 Å². The first-order chi connectivity index (χ1) is 17.1. The number of rotatable bonds is 6. The number of halogens is 1. The minimum absolute atomic E-state index is 0.00198. The van der Waals surface area contributed by atoms with Crippen molar-refractivity contribution in [2.45, 2.75) is 18.2 Å². The molecule has 5 rings (SSSR count). The van der Waals surface area contributed by atoms with Crippen molar-refractivity contribution in [1.82, 2.24) is 9.88 Å². The molecule has 2 amide bonds. The highest BCUT2D eigenvalue weighted by molar-refractivity contribution is 8.15.